The van der Waals surface area contributed by atoms with Crippen molar-refractivity contribution in [1.29, 1.82) is 0 Å². The van der Waals surface area contributed by atoms with E-state index in [4.69, 9.17) is 9.84 Å². The average molecular weight is 376 g/mol. The first kappa shape index (κ1) is 18.7. The number of aliphatic hydroxyl groups is 3. The fourth-order valence-electron chi connectivity index (χ4n) is 3.09. The molecule has 2 heterocycles. The Hall–Kier alpha value is -2.06. The molecule has 0 bridgehead atoms. The second-order valence-corrected chi connectivity index (χ2v) is 7.12. The summed E-state index contributed by atoms with van der Waals surface area (Å²) in [4.78, 5) is 26.0. The van der Waals surface area contributed by atoms with Crippen LogP contribution >= 0.6 is 11.3 Å². The zero-order chi connectivity index (χ0) is 18.8. The molecular weight excluding hydrogens is 356 g/mol. The van der Waals surface area contributed by atoms with Gasteiger partial charge in [-0.15, -0.1) is 11.3 Å². The summed E-state index contributed by atoms with van der Waals surface area (Å²) in [6.07, 6.45) is -2.83. The minimum absolute atomic E-state index is 0.150. The average Bonchev–Trinajstić information content (AvgIpc) is 3.09. The molecule has 0 spiro atoms. The smallest absolute Gasteiger partial charge is 0.207 e. The van der Waals surface area contributed by atoms with Crippen molar-refractivity contribution >= 4 is 22.9 Å². The van der Waals surface area contributed by atoms with Gasteiger partial charge in [-0.1, -0.05) is 13.0 Å². The van der Waals surface area contributed by atoms with Crippen molar-refractivity contribution < 1.29 is 29.6 Å². The van der Waals surface area contributed by atoms with Crippen molar-refractivity contribution in [2.45, 2.75) is 38.1 Å². The summed E-state index contributed by atoms with van der Waals surface area (Å²) in [5.41, 5.74) is 1.78. The van der Waals surface area contributed by atoms with Crippen LogP contribution in [0.3, 0.4) is 0 Å². The van der Waals surface area contributed by atoms with Crippen LogP contribution in [0.4, 0.5) is 0 Å². The van der Waals surface area contributed by atoms with E-state index in [1.54, 1.807) is 25.1 Å². The van der Waals surface area contributed by atoms with Gasteiger partial charge >= 0.3 is 0 Å². The Morgan fingerprint density at radius 2 is 2.08 bits per heavy atom. The molecule has 0 saturated heterocycles. The maximum absolute atomic E-state index is 12.8. The Morgan fingerprint density at radius 1 is 1.31 bits per heavy atom. The SMILES string of the molecule is CCC(C(=O)C(O)C(O)CO)c1ccc2c(c1)C(=O)c1sccc1CO2. The molecule has 26 heavy (non-hydrogen) atoms. The molecule has 3 N–H and O–H groups in total. The van der Waals surface area contributed by atoms with Gasteiger partial charge in [0.1, 0.15) is 24.6 Å². The van der Waals surface area contributed by atoms with E-state index in [9.17, 15) is 19.8 Å². The van der Waals surface area contributed by atoms with E-state index < -0.39 is 30.5 Å². The summed E-state index contributed by atoms with van der Waals surface area (Å²) in [7, 11) is 0. The first-order chi connectivity index (χ1) is 12.5. The number of benzene rings is 1. The molecule has 2 aromatic rings. The third kappa shape index (κ3) is 3.31. The zero-order valence-electron chi connectivity index (χ0n) is 14.2. The van der Waals surface area contributed by atoms with E-state index in [0.29, 0.717) is 34.8 Å². The highest BCUT2D eigenvalue weighted by atomic mass is 32.1. The molecule has 1 aromatic carbocycles. The molecule has 6 nitrogen and oxygen atoms in total. The van der Waals surface area contributed by atoms with Crippen LogP contribution < -0.4 is 4.74 Å². The Morgan fingerprint density at radius 3 is 2.77 bits per heavy atom. The molecule has 1 aliphatic heterocycles. The van der Waals surface area contributed by atoms with Crippen molar-refractivity contribution in [3.05, 3.63) is 51.2 Å². The highest BCUT2D eigenvalue weighted by Gasteiger charge is 2.32. The number of thiophene rings is 1. The van der Waals surface area contributed by atoms with Crippen molar-refractivity contribution in [3.63, 3.8) is 0 Å². The second-order valence-electron chi connectivity index (χ2n) is 6.21. The quantitative estimate of drug-likeness (QED) is 0.708. The van der Waals surface area contributed by atoms with Crippen molar-refractivity contribution in [2.75, 3.05) is 6.61 Å². The molecule has 1 aliphatic rings. The molecule has 3 unspecified atom stereocenters. The normalized spacial score (nSPS) is 16.7. The lowest BCUT2D eigenvalue weighted by Crippen LogP contribution is -2.39. The number of rotatable bonds is 6. The first-order valence-corrected chi connectivity index (χ1v) is 9.24. The van der Waals surface area contributed by atoms with E-state index in [-0.39, 0.29) is 5.78 Å². The van der Waals surface area contributed by atoms with Crippen LogP contribution in [0.5, 0.6) is 5.75 Å². The van der Waals surface area contributed by atoms with Crippen molar-refractivity contribution in [3.8, 4) is 5.75 Å². The topological polar surface area (TPSA) is 104 Å². The van der Waals surface area contributed by atoms with E-state index >= 15 is 0 Å². The number of carbonyl (C=O) groups is 2. The monoisotopic (exact) mass is 376 g/mol. The van der Waals surface area contributed by atoms with Gasteiger partial charge in [-0.2, -0.15) is 0 Å². The van der Waals surface area contributed by atoms with Gasteiger partial charge in [0.2, 0.25) is 5.78 Å². The number of carbonyl (C=O) groups excluding carboxylic acids is 2. The Kier molecular flexibility index (Phi) is 5.52. The number of aliphatic hydroxyl groups excluding tert-OH is 3. The first-order valence-electron chi connectivity index (χ1n) is 8.36. The van der Waals surface area contributed by atoms with Gasteiger partial charge in [-0.05, 0) is 35.6 Å². The van der Waals surface area contributed by atoms with Crippen LogP contribution in [0.1, 0.15) is 45.6 Å². The second kappa shape index (κ2) is 7.67. The van der Waals surface area contributed by atoms with Crippen LogP contribution in [0, 0.1) is 0 Å². The lowest BCUT2D eigenvalue weighted by atomic mass is 9.86. The van der Waals surface area contributed by atoms with Gasteiger partial charge in [0.25, 0.3) is 0 Å². The van der Waals surface area contributed by atoms with Gasteiger partial charge in [-0.3, -0.25) is 9.59 Å². The van der Waals surface area contributed by atoms with Gasteiger partial charge in [0, 0.05) is 11.5 Å². The summed E-state index contributed by atoms with van der Waals surface area (Å²) < 4.78 is 5.71. The number of ether oxygens (including phenoxy) is 1. The Bertz CT molecular complexity index is 827. The molecule has 7 heteroatoms. The molecule has 0 fully saturated rings. The largest absolute Gasteiger partial charge is 0.488 e. The predicted molar refractivity (Wildman–Crippen MR) is 95.7 cm³/mol. The van der Waals surface area contributed by atoms with Crippen molar-refractivity contribution in [1.82, 2.24) is 0 Å². The maximum atomic E-state index is 12.8. The highest BCUT2D eigenvalue weighted by molar-refractivity contribution is 7.12. The molecule has 0 amide bonds. The fourth-order valence-corrected chi connectivity index (χ4v) is 3.95. The fraction of sp³-hybridized carbons (Fsp3) is 0.368. The molecule has 3 rings (SSSR count). The molecule has 0 saturated carbocycles. The predicted octanol–water partition coefficient (Wildman–Crippen LogP) is 1.65. The molecule has 138 valence electrons. The van der Waals surface area contributed by atoms with Crippen LogP contribution in [-0.2, 0) is 11.4 Å². The molecule has 3 atom stereocenters. The van der Waals surface area contributed by atoms with Crippen LogP contribution in [0.25, 0.3) is 0 Å². The van der Waals surface area contributed by atoms with Gasteiger partial charge < -0.3 is 20.1 Å². The lowest BCUT2D eigenvalue weighted by molar-refractivity contribution is -0.136. The maximum Gasteiger partial charge on any atom is 0.207 e. The third-order valence-corrected chi connectivity index (χ3v) is 5.54. The summed E-state index contributed by atoms with van der Waals surface area (Å²) >= 11 is 1.35. The minimum atomic E-state index is -1.68. The summed E-state index contributed by atoms with van der Waals surface area (Å²) in [5, 5.41) is 30.3. The number of hydrogen-bond donors (Lipinski definition) is 3. The Balaban J connectivity index is 1.96. The number of ketones is 2. The van der Waals surface area contributed by atoms with E-state index in [2.05, 4.69) is 0 Å². The lowest BCUT2D eigenvalue weighted by Gasteiger charge is -2.21. The molecule has 1 aromatic heterocycles. The number of Topliss-reactive ketones (excluding diaryl/α,β-unsaturated/α-hetero) is 1. The van der Waals surface area contributed by atoms with Crippen LogP contribution in [0.15, 0.2) is 29.6 Å². The standard InChI is InChI=1S/C19H20O6S/c1-2-12(16(22)18(24)14(21)8-20)10-3-4-15-13(7-10)17(23)19-11(9-25-15)5-6-26-19/h3-7,12,14,18,20-21,24H,2,8-9H2,1H3. The van der Waals surface area contributed by atoms with Crippen LogP contribution in [-0.4, -0.2) is 45.7 Å². The highest BCUT2D eigenvalue weighted by Crippen LogP contribution is 2.34. The minimum Gasteiger partial charge on any atom is -0.488 e. The summed E-state index contributed by atoms with van der Waals surface area (Å²) in [5.74, 6) is -0.980. The molecular formula is C19H20O6S. The number of fused-ring (bicyclic) bond motifs is 2. The van der Waals surface area contributed by atoms with E-state index in [1.807, 2.05) is 11.4 Å². The van der Waals surface area contributed by atoms with Gasteiger partial charge in [-0.25, -0.2) is 0 Å². The van der Waals surface area contributed by atoms with E-state index in [1.165, 1.54) is 11.3 Å². The van der Waals surface area contributed by atoms with Gasteiger partial charge in [0.05, 0.1) is 17.0 Å². The van der Waals surface area contributed by atoms with Gasteiger partial charge in [0.15, 0.2) is 5.78 Å². The number of hydrogen-bond acceptors (Lipinski definition) is 7. The molecule has 0 radical (unpaired) electrons. The Labute approximate surface area is 154 Å². The molecule has 0 aliphatic carbocycles. The third-order valence-electron chi connectivity index (χ3n) is 4.58. The van der Waals surface area contributed by atoms with Crippen molar-refractivity contribution in [2.24, 2.45) is 0 Å². The van der Waals surface area contributed by atoms with E-state index in [0.717, 1.165) is 5.56 Å². The summed E-state index contributed by atoms with van der Waals surface area (Å²) in [6, 6.07) is 6.83. The zero-order valence-corrected chi connectivity index (χ0v) is 15.0. The summed E-state index contributed by atoms with van der Waals surface area (Å²) in [6.45, 7) is 1.39. The van der Waals surface area contributed by atoms with Crippen LogP contribution in [0.2, 0.25) is 0 Å².